The third-order valence-corrected chi connectivity index (χ3v) is 5.83. The average Bonchev–Trinajstić information content (AvgIpc) is 3.39. The van der Waals surface area contributed by atoms with E-state index in [1.165, 1.54) is 11.8 Å². The summed E-state index contributed by atoms with van der Waals surface area (Å²) < 4.78 is 7.50. The Kier molecular flexibility index (Phi) is 7.53. The van der Waals surface area contributed by atoms with E-state index in [2.05, 4.69) is 30.1 Å². The van der Waals surface area contributed by atoms with Crippen LogP contribution in [0.3, 0.4) is 0 Å². The van der Waals surface area contributed by atoms with Gasteiger partial charge in [-0.3, -0.25) is 9.36 Å². The number of thioether (sulfide) groups is 1. The Balaban J connectivity index is 1.80. The predicted molar refractivity (Wildman–Crippen MR) is 122 cm³/mol. The normalized spacial score (nSPS) is 11.0. The van der Waals surface area contributed by atoms with E-state index in [1.54, 1.807) is 11.2 Å². The largest absolute Gasteiger partial charge is 0.461 e. The Morgan fingerprint density at radius 2 is 2.06 bits per heavy atom. The molecule has 0 spiro atoms. The maximum atomic E-state index is 13.1. The Labute approximate surface area is 187 Å². The molecule has 0 unspecified atom stereocenters. The van der Waals surface area contributed by atoms with Crippen LogP contribution in [0.1, 0.15) is 31.4 Å². The van der Waals surface area contributed by atoms with Crippen molar-refractivity contribution in [2.75, 3.05) is 17.2 Å². The van der Waals surface area contributed by atoms with Gasteiger partial charge in [-0.1, -0.05) is 31.7 Å². The van der Waals surface area contributed by atoms with Crippen molar-refractivity contribution >= 4 is 23.4 Å². The molecule has 2 aromatic heterocycles. The van der Waals surface area contributed by atoms with E-state index in [-0.39, 0.29) is 18.1 Å². The van der Waals surface area contributed by atoms with E-state index >= 15 is 0 Å². The zero-order valence-electron chi connectivity index (χ0n) is 18.3. The molecular formula is C23H27N5O2S. The van der Waals surface area contributed by atoms with Crippen LogP contribution in [0.2, 0.25) is 0 Å². The lowest BCUT2D eigenvalue weighted by molar-refractivity contribution is -0.116. The molecule has 0 atom stereocenters. The van der Waals surface area contributed by atoms with Gasteiger partial charge in [-0.25, -0.2) is 0 Å². The number of anilines is 1. The van der Waals surface area contributed by atoms with Gasteiger partial charge >= 0.3 is 0 Å². The molecule has 7 nitrogen and oxygen atoms in total. The number of furan rings is 1. The molecular weight excluding hydrogens is 410 g/mol. The molecule has 0 aliphatic rings. The van der Waals surface area contributed by atoms with Gasteiger partial charge in [0.25, 0.3) is 0 Å². The van der Waals surface area contributed by atoms with Crippen molar-refractivity contribution in [3.8, 4) is 17.7 Å². The molecule has 3 rings (SSSR count). The monoisotopic (exact) mass is 437 g/mol. The summed E-state index contributed by atoms with van der Waals surface area (Å²) in [5, 5.41) is 18.3. The number of nitrogens with zero attached hydrogens (tertiary/aromatic N) is 5. The number of benzene rings is 1. The van der Waals surface area contributed by atoms with Gasteiger partial charge < -0.3 is 9.32 Å². The minimum absolute atomic E-state index is 0.0675. The summed E-state index contributed by atoms with van der Waals surface area (Å²) in [5.41, 5.74) is 3.08. The lowest BCUT2D eigenvalue weighted by Crippen LogP contribution is -2.33. The van der Waals surface area contributed by atoms with E-state index < -0.39 is 0 Å². The molecule has 162 valence electrons. The maximum absolute atomic E-state index is 13.1. The molecule has 0 radical (unpaired) electrons. The molecule has 8 heteroatoms. The standard InChI is InChI=1S/C23H27N5O2S/c1-16(2)14-28-22(20-7-5-12-30-20)25-26-23(28)31-15-21(29)27(11-6-10-24)19-9-8-17(3)18(4)13-19/h5,7-9,12-13,16H,6,11,14-15H2,1-4H3. The van der Waals surface area contributed by atoms with Crippen LogP contribution in [0.15, 0.2) is 46.2 Å². The molecule has 0 saturated carbocycles. The Morgan fingerprint density at radius 3 is 2.71 bits per heavy atom. The zero-order valence-corrected chi connectivity index (χ0v) is 19.1. The van der Waals surface area contributed by atoms with Crippen molar-refractivity contribution in [3.05, 3.63) is 47.7 Å². The molecule has 0 N–H and O–H groups in total. The second kappa shape index (κ2) is 10.3. The summed E-state index contributed by atoms with van der Waals surface area (Å²) in [6.45, 7) is 9.37. The van der Waals surface area contributed by atoms with Crippen LogP contribution in [0.4, 0.5) is 5.69 Å². The van der Waals surface area contributed by atoms with E-state index in [0.717, 1.165) is 23.4 Å². The summed E-state index contributed by atoms with van der Waals surface area (Å²) in [7, 11) is 0. The van der Waals surface area contributed by atoms with Crippen LogP contribution in [0.25, 0.3) is 11.6 Å². The SMILES string of the molecule is Cc1ccc(N(CCC#N)C(=O)CSc2nnc(-c3ccco3)n2CC(C)C)cc1C. The first-order chi connectivity index (χ1) is 14.9. The molecule has 0 bridgehead atoms. The summed E-state index contributed by atoms with van der Waals surface area (Å²) in [4.78, 5) is 14.8. The quantitative estimate of drug-likeness (QED) is 0.445. The maximum Gasteiger partial charge on any atom is 0.237 e. The lowest BCUT2D eigenvalue weighted by atomic mass is 10.1. The van der Waals surface area contributed by atoms with Crippen LogP contribution >= 0.6 is 11.8 Å². The van der Waals surface area contributed by atoms with Crippen molar-refractivity contribution in [2.24, 2.45) is 5.92 Å². The predicted octanol–water partition coefficient (Wildman–Crippen LogP) is 4.85. The molecule has 0 saturated heterocycles. The van der Waals surface area contributed by atoms with Crippen LogP contribution in [-0.4, -0.2) is 33.0 Å². The number of nitriles is 1. The van der Waals surface area contributed by atoms with Gasteiger partial charge in [-0.2, -0.15) is 5.26 Å². The number of aryl methyl sites for hydroxylation is 2. The first-order valence-electron chi connectivity index (χ1n) is 10.2. The number of aromatic nitrogens is 3. The number of rotatable bonds is 9. The smallest absolute Gasteiger partial charge is 0.237 e. The van der Waals surface area contributed by atoms with Gasteiger partial charge in [0, 0.05) is 18.8 Å². The zero-order chi connectivity index (χ0) is 22.4. The van der Waals surface area contributed by atoms with E-state index in [4.69, 9.17) is 9.68 Å². The van der Waals surface area contributed by atoms with Crippen molar-refractivity contribution in [3.63, 3.8) is 0 Å². The number of carbonyl (C=O) groups excluding carboxylic acids is 1. The molecule has 3 aromatic rings. The third-order valence-electron chi connectivity index (χ3n) is 4.88. The minimum atomic E-state index is -0.0675. The van der Waals surface area contributed by atoms with Gasteiger partial charge in [-0.15, -0.1) is 10.2 Å². The Morgan fingerprint density at radius 1 is 1.26 bits per heavy atom. The molecule has 0 aliphatic carbocycles. The fourth-order valence-electron chi connectivity index (χ4n) is 3.17. The highest BCUT2D eigenvalue weighted by atomic mass is 32.2. The fraction of sp³-hybridized carbons (Fsp3) is 0.391. The first kappa shape index (κ1) is 22.6. The van der Waals surface area contributed by atoms with Gasteiger partial charge in [-0.05, 0) is 55.2 Å². The van der Waals surface area contributed by atoms with Crippen molar-refractivity contribution in [1.29, 1.82) is 5.26 Å². The highest BCUT2D eigenvalue weighted by Gasteiger charge is 2.21. The molecule has 1 aromatic carbocycles. The van der Waals surface area contributed by atoms with E-state index in [1.807, 2.05) is 48.7 Å². The average molecular weight is 438 g/mol. The molecule has 0 fully saturated rings. The molecule has 31 heavy (non-hydrogen) atoms. The van der Waals surface area contributed by atoms with Crippen molar-refractivity contribution in [1.82, 2.24) is 14.8 Å². The highest BCUT2D eigenvalue weighted by molar-refractivity contribution is 7.99. The summed E-state index contributed by atoms with van der Waals surface area (Å²) in [6.07, 6.45) is 1.88. The van der Waals surface area contributed by atoms with Gasteiger partial charge in [0.15, 0.2) is 16.7 Å². The number of amides is 1. The minimum Gasteiger partial charge on any atom is -0.461 e. The summed E-state index contributed by atoms with van der Waals surface area (Å²) in [6, 6.07) is 11.7. The molecule has 1 amide bonds. The van der Waals surface area contributed by atoms with Crippen LogP contribution < -0.4 is 4.90 Å². The second-order valence-electron chi connectivity index (χ2n) is 7.80. The van der Waals surface area contributed by atoms with Crippen molar-refractivity contribution in [2.45, 2.75) is 45.8 Å². The van der Waals surface area contributed by atoms with E-state index in [9.17, 15) is 4.79 Å². The van der Waals surface area contributed by atoms with Gasteiger partial charge in [0.1, 0.15) is 0 Å². The van der Waals surface area contributed by atoms with Crippen molar-refractivity contribution < 1.29 is 9.21 Å². The number of carbonyl (C=O) groups is 1. The van der Waals surface area contributed by atoms with Crippen LogP contribution in [0, 0.1) is 31.1 Å². The molecule has 0 aliphatic heterocycles. The van der Waals surface area contributed by atoms with Crippen LogP contribution in [-0.2, 0) is 11.3 Å². The second-order valence-corrected chi connectivity index (χ2v) is 8.74. The first-order valence-corrected chi connectivity index (χ1v) is 11.2. The van der Waals surface area contributed by atoms with E-state index in [0.29, 0.717) is 29.2 Å². The van der Waals surface area contributed by atoms with Crippen LogP contribution in [0.5, 0.6) is 0 Å². The number of hydrogen-bond acceptors (Lipinski definition) is 6. The third kappa shape index (κ3) is 5.56. The molecule has 2 heterocycles. The number of hydrogen-bond donors (Lipinski definition) is 0. The summed E-state index contributed by atoms with van der Waals surface area (Å²) in [5.74, 6) is 1.82. The highest BCUT2D eigenvalue weighted by Crippen LogP contribution is 2.27. The van der Waals surface area contributed by atoms with Gasteiger partial charge in [0.2, 0.25) is 5.91 Å². The topological polar surface area (TPSA) is 87.9 Å². The Hall–Kier alpha value is -3.05. The Bertz CT molecular complexity index is 1070. The summed E-state index contributed by atoms with van der Waals surface area (Å²) >= 11 is 1.35. The van der Waals surface area contributed by atoms with Gasteiger partial charge in [0.05, 0.1) is 24.5 Å². The fourth-order valence-corrected chi connectivity index (χ4v) is 3.99. The lowest BCUT2D eigenvalue weighted by Gasteiger charge is -2.22.